The number of hydrogen-bond donors (Lipinski definition) is 2. The molecule has 6 heteroatoms. The van der Waals surface area contributed by atoms with Gasteiger partial charge in [-0.2, -0.15) is 11.8 Å². The van der Waals surface area contributed by atoms with Crippen LogP contribution in [-0.2, 0) is 17.1 Å². The second-order valence-electron chi connectivity index (χ2n) is 4.55. The molecule has 0 atom stereocenters. The van der Waals surface area contributed by atoms with E-state index < -0.39 is 11.4 Å². The van der Waals surface area contributed by atoms with Crippen molar-refractivity contribution in [3.8, 4) is 0 Å². The van der Waals surface area contributed by atoms with Gasteiger partial charge in [-0.3, -0.25) is 4.79 Å². The van der Waals surface area contributed by atoms with Crippen molar-refractivity contribution in [3.63, 3.8) is 0 Å². The predicted octanol–water partition coefficient (Wildman–Crippen LogP) is 2.99. The van der Waals surface area contributed by atoms with Crippen LogP contribution in [0.5, 0.6) is 0 Å². The summed E-state index contributed by atoms with van der Waals surface area (Å²) in [7, 11) is 0. The van der Waals surface area contributed by atoms with Crippen molar-refractivity contribution < 1.29 is 9.90 Å². The standard InChI is InChI=1S/C13H22N2O2S2/c1-4-13(5-2,12(16)17)9-14-7-11-15-6-10(19-11)8-18-3/h6,14H,4-5,7-9H2,1-3H3,(H,16,17). The van der Waals surface area contributed by atoms with Gasteiger partial charge in [-0.25, -0.2) is 4.98 Å². The Morgan fingerprint density at radius 1 is 1.53 bits per heavy atom. The number of aromatic nitrogens is 1. The highest BCUT2D eigenvalue weighted by atomic mass is 32.2. The third-order valence-electron chi connectivity index (χ3n) is 3.43. The molecule has 0 bridgehead atoms. The van der Waals surface area contributed by atoms with E-state index in [4.69, 9.17) is 0 Å². The number of carboxylic acids is 1. The molecule has 0 aromatic carbocycles. The fraction of sp³-hybridized carbons (Fsp3) is 0.692. The second-order valence-corrected chi connectivity index (χ2v) is 6.62. The van der Waals surface area contributed by atoms with E-state index in [1.54, 1.807) is 23.1 Å². The normalized spacial score (nSPS) is 11.7. The minimum Gasteiger partial charge on any atom is -0.481 e. The summed E-state index contributed by atoms with van der Waals surface area (Å²) in [5.41, 5.74) is -0.653. The SMILES string of the molecule is CCC(CC)(CNCc1ncc(CSC)s1)C(=O)O. The van der Waals surface area contributed by atoms with Crippen LogP contribution in [0.25, 0.3) is 0 Å². The molecule has 1 rings (SSSR count). The molecule has 0 aliphatic rings. The van der Waals surface area contributed by atoms with Crippen molar-refractivity contribution in [1.82, 2.24) is 10.3 Å². The van der Waals surface area contributed by atoms with E-state index in [1.165, 1.54) is 4.88 Å². The smallest absolute Gasteiger partial charge is 0.310 e. The predicted molar refractivity (Wildman–Crippen MR) is 81.7 cm³/mol. The zero-order chi connectivity index (χ0) is 14.3. The molecule has 0 aliphatic heterocycles. The van der Waals surface area contributed by atoms with Crippen LogP contribution < -0.4 is 5.32 Å². The van der Waals surface area contributed by atoms with Crippen LogP contribution in [0, 0.1) is 5.41 Å². The summed E-state index contributed by atoms with van der Waals surface area (Å²) in [5, 5.41) is 13.6. The van der Waals surface area contributed by atoms with Crippen molar-refractivity contribution >= 4 is 29.1 Å². The molecular formula is C13H22N2O2S2. The molecule has 0 aliphatic carbocycles. The summed E-state index contributed by atoms with van der Waals surface area (Å²) < 4.78 is 0. The highest BCUT2D eigenvalue weighted by Crippen LogP contribution is 2.26. The van der Waals surface area contributed by atoms with Crippen LogP contribution in [0.4, 0.5) is 0 Å². The first-order valence-electron chi connectivity index (χ1n) is 6.44. The summed E-state index contributed by atoms with van der Waals surface area (Å²) in [6.45, 7) is 5.00. The fourth-order valence-corrected chi connectivity index (χ4v) is 3.56. The van der Waals surface area contributed by atoms with E-state index in [0.717, 1.165) is 10.8 Å². The topological polar surface area (TPSA) is 62.2 Å². The number of nitrogens with one attached hydrogen (secondary N) is 1. The monoisotopic (exact) mass is 302 g/mol. The molecule has 0 amide bonds. The number of thiazole rings is 1. The van der Waals surface area contributed by atoms with E-state index in [-0.39, 0.29) is 0 Å². The molecule has 1 aromatic rings. The first kappa shape index (κ1) is 16.5. The lowest BCUT2D eigenvalue weighted by atomic mass is 9.82. The Balaban J connectivity index is 2.49. The van der Waals surface area contributed by atoms with Crippen molar-refractivity contribution in [2.75, 3.05) is 12.8 Å². The molecule has 108 valence electrons. The van der Waals surface area contributed by atoms with Gasteiger partial charge in [0.15, 0.2) is 0 Å². The maximum absolute atomic E-state index is 11.4. The highest BCUT2D eigenvalue weighted by Gasteiger charge is 2.34. The molecule has 0 spiro atoms. The Kier molecular flexibility index (Phi) is 6.82. The number of nitrogens with zero attached hydrogens (tertiary/aromatic N) is 1. The summed E-state index contributed by atoms with van der Waals surface area (Å²) >= 11 is 3.47. The van der Waals surface area contributed by atoms with Gasteiger partial charge in [-0.05, 0) is 19.1 Å². The van der Waals surface area contributed by atoms with E-state index in [1.807, 2.05) is 20.0 Å². The zero-order valence-corrected chi connectivity index (χ0v) is 13.4. The van der Waals surface area contributed by atoms with Gasteiger partial charge in [0.1, 0.15) is 5.01 Å². The van der Waals surface area contributed by atoms with Crippen LogP contribution in [-0.4, -0.2) is 28.9 Å². The van der Waals surface area contributed by atoms with Gasteiger partial charge < -0.3 is 10.4 Å². The molecule has 0 radical (unpaired) electrons. The fourth-order valence-electron chi connectivity index (χ4n) is 1.93. The minimum atomic E-state index is -0.716. The molecular weight excluding hydrogens is 280 g/mol. The average Bonchev–Trinajstić information content (AvgIpc) is 2.83. The van der Waals surface area contributed by atoms with Crippen LogP contribution in [0.2, 0.25) is 0 Å². The molecule has 1 heterocycles. The molecule has 0 saturated carbocycles. The van der Waals surface area contributed by atoms with Gasteiger partial charge in [0.25, 0.3) is 0 Å². The molecule has 4 nitrogen and oxygen atoms in total. The second kappa shape index (κ2) is 7.87. The Labute approximate surface area is 123 Å². The van der Waals surface area contributed by atoms with Gasteiger partial charge in [-0.1, -0.05) is 13.8 Å². The lowest BCUT2D eigenvalue weighted by molar-refractivity contribution is -0.149. The van der Waals surface area contributed by atoms with Crippen molar-refractivity contribution in [2.45, 2.75) is 39.0 Å². The van der Waals surface area contributed by atoms with Gasteiger partial charge in [0.05, 0.1) is 5.41 Å². The number of hydrogen-bond acceptors (Lipinski definition) is 5. The van der Waals surface area contributed by atoms with Gasteiger partial charge in [0, 0.05) is 29.9 Å². The zero-order valence-electron chi connectivity index (χ0n) is 11.7. The van der Waals surface area contributed by atoms with Crippen molar-refractivity contribution in [3.05, 3.63) is 16.1 Å². The maximum Gasteiger partial charge on any atom is 0.310 e. The molecule has 1 aromatic heterocycles. The van der Waals surface area contributed by atoms with Crippen LogP contribution in [0.15, 0.2) is 6.20 Å². The third kappa shape index (κ3) is 4.47. The summed E-state index contributed by atoms with van der Waals surface area (Å²) in [6.07, 6.45) is 5.26. The minimum absolute atomic E-state index is 0.493. The molecule has 0 unspecified atom stereocenters. The number of carboxylic acid groups (broad SMARTS) is 1. The van der Waals surface area contributed by atoms with E-state index in [2.05, 4.69) is 16.6 Å². The van der Waals surface area contributed by atoms with Crippen molar-refractivity contribution in [1.29, 1.82) is 0 Å². The Morgan fingerprint density at radius 2 is 2.21 bits per heavy atom. The molecule has 19 heavy (non-hydrogen) atoms. The summed E-state index contributed by atoms with van der Waals surface area (Å²) in [6, 6.07) is 0. The number of carbonyl (C=O) groups is 1. The van der Waals surface area contributed by atoms with Gasteiger partial charge in [0.2, 0.25) is 0 Å². The number of aliphatic carboxylic acids is 1. The Hall–Kier alpha value is -0.590. The molecule has 0 fully saturated rings. The first-order valence-corrected chi connectivity index (χ1v) is 8.65. The van der Waals surface area contributed by atoms with Crippen molar-refractivity contribution in [2.24, 2.45) is 5.41 Å². The third-order valence-corrected chi connectivity index (χ3v) is 5.21. The van der Waals surface area contributed by atoms with Crippen LogP contribution in [0.1, 0.15) is 36.6 Å². The van der Waals surface area contributed by atoms with E-state index in [0.29, 0.717) is 25.9 Å². The Morgan fingerprint density at radius 3 is 2.74 bits per heavy atom. The lowest BCUT2D eigenvalue weighted by Gasteiger charge is -2.26. The Bertz CT molecular complexity index is 403. The highest BCUT2D eigenvalue weighted by molar-refractivity contribution is 7.97. The van der Waals surface area contributed by atoms with Crippen LogP contribution >= 0.6 is 23.1 Å². The maximum atomic E-state index is 11.4. The van der Waals surface area contributed by atoms with Gasteiger partial charge in [-0.15, -0.1) is 11.3 Å². The van der Waals surface area contributed by atoms with E-state index in [9.17, 15) is 9.90 Å². The average molecular weight is 302 g/mol. The largest absolute Gasteiger partial charge is 0.481 e. The number of thioether (sulfide) groups is 1. The van der Waals surface area contributed by atoms with Gasteiger partial charge >= 0.3 is 5.97 Å². The van der Waals surface area contributed by atoms with E-state index >= 15 is 0 Å². The quantitative estimate of drug-likeness (QED) is 0.734. The summed E-state index contributed by atoms with van der Waals surface area (Å²) in [5.74, 6) is 0.271. The summed E-state index contributed by atoms with van der Waals surface area (Å²) in [4.78, 5) is 17.0. The van der Waals surface area contributed by atoms with Crippen LogP contribution in [0.3, 0.4) is 0 Å². The first-order chi connectivity index (χ1) is 9.07. The molecule has 0 saturated heterocycles. The molecule has 2 N–H and O–H groups in total. The lowest BCUT2D eigenvalue weighted by Crippen LogP contribution is -2.39. The number of rotatable bonds is 9.